The molecule has 13 heteroatoms. The molecule has 178 valence electrons. The number of esters is 2. The van der Waals surface area contributed by atoms with Crippen LogP contribution in [0.25, 0.3) is 11.2 Å². The Balaban J connectivity index is 1.73. The predicted molar refractivity (Wildman–Crippen MR) is 115 cm³/mol. The SMILES string of the molecule is CC(=O)O[C@@H]1[C@H](OC(C)=O)[C@@H](CO)O[C@H]1n1cnc2c(=O)[nH]c(NC(=O)c3ccccc3)nc21. The summed E-state index contributed by atoms with van der Waals surface area (Å²) in [6.07, 6.45) is -3.20. The molecule has 0 spiro atoms. The van der Waals surface area contributed by atoms with Crippen molar-refractivity contribution in [3.05, 3.63) is 52.6 Å². The van der Waals surface area contributed by atoms with Crippen molar-refractivity contribution < 1.29 is 33.7 Å². The molecular formula is C21H21N5O8. The number of amides is 1. The second-order valence-electron chi connectivity index (χ2n) is 7.45. The van der Waals surface area contributed by atoms with Crippen molar-refractivity contribution in [2.75, 3.05) is 11.9 Å². The molecule has 4 atom stereocenters. The number of aliphatic hydroxyl groups is 1. The van der Waals surface area contributed by atoms with Crippen LogP contribution >= 0.6 is 0 Å². The normalized spacial score (nSPS) is 21.9. The summed E-state index contributed by atoms with van der Waals surface area (Å²) in [6, 6.07) is 8.32. The van der Waals surface area contributed by atoms with Gasteiger partial charge < -0.3 is 19.3 Å². The smallest absolute Gasteiger partial charge is 0.303 e. The Kier molecular flexibility index (Phi) is 6.38. The first-order valence-electron chi connectivity index (χ1n) is 10.2. The molecule has 0 radical (unpaired) electrons. The van der Waals surface area contributed by atoms with Crippen molar-refractivity contribution in [3.63, 3.8) is 0 Å². The number of ether oxygens (including phenoxy) is 3. The molecule has 4 rings (SSSR count). The highest BCUT2D eigenvalue weighted by atomic mass is 16.6. The number of H-pyrrole nitrogens is 1. The van der Waals surface area contributed by atoms with Crippen LogP contribution in [0.1, 0.15) is 30.4 Å². The molecule has 1 saturated heterocycles. The van der Waals surface area contributed by atoms with Crippen LogP contribution in [-0.2, 0) is 23.8 Å². The maximum Gasteiger partial charge on any atom is 0.303 e. The first-order chi connectivity index (χ1) is 16.3. The molecule has 2 aromatic heterocycles. The summed E-state index contributed by atoms with van der Waals surface area (Å²) in [4.78, 5) is 59.2. The van der Waals surface area contributed by atoms with E-state index in [-0.39, 0.29) is 17.1 Å². The lowest BCUT2D eigenvalue weighted by Gasteiger charge is -2.23. The van der Waals surface area contributed by atoms with E-state index in [9.17, 15) is 24.3 Å². The third-order valence-electron chi connectivity index (χ3n) is 5.04. The monoisotopic (exact) mass is 471 g/mol. The van der Waals surface area contributed by atoms with Gasteiger partial charge in [-0.1, -0.05) is 18.2 Å². The average Bonchev–Trinajstić information content (AvgIpc) is 3.35. The number of nitrogens with one attached hydrogen (secondary N) is 2. The quantitative estimate of drug-likeness (QED) is 0.419. The molecule has 1 aliphatic heterocycles. The summed E-state index contributed by atoms with van der Waals surface area (Å²) in [5.41, 5.74) is -0.346. The van der Waals surface area contributed by atoms with Gasteiger partial charge in [-0.2, -0.15) is 4.98 Å². The van der Waals surface area contributed by atoms with E-state index in [1.165, 1.54) is 24.7 Å². The van der Waals surface area contributed by atoms with Crippen molar-refractivity contribution in [1.82, 2.24) is 19.5 Å². The second kappa shape index (κ2) is 9.41. The Morgan fingerprint density at radius 2 is 1.82 bits per heavy atom. The van der Waals surface area contributed by atoms with Gasteiger partial charge in [0.15, 0.2) is 29.6 Å². The van der Waals surface area contributed by atoms with Crippen molar-refractivity contribution in [2.24, 2.45) is 0 Å². The van der Waals surface area contributed by atoms with Crippen molar-refractivity contribution >= 4 is 35.0 Å². The van der Waals surface area contributed by atoms with E-state index >= 15 is 0 Å². The number of aromatic amines is 1. The van der Waals surface area contributed by atoms with Gasteiger partial charge in [0.2, 0.25) is 5.95 Å². The van der Waals surface area contributed by atoms with Crippen molar-refractivity contribution in [2.45, 2.75) is 38.4 Å². The Bertz CT molecular complexity index is 1290. The fourth-order valence-electron chi connectivity index (χ4n) is 3.67. The number of hydrogen-bond donors (Lipinski definition) is 3. The van der Waals surface area contributed by atoms with E-state index in [0.29, 0.717) is 5.56 Å². The maximum atomic E-state index is 12.6. The van der Waals surface area contributed by atoms with Crippen molar-refractivity contribution in [3.8, 4) is 0 Å². The lowest BCUT2D eigenvalue weighted by molar-refractivity contribution is -0.165. The minimum absolute atomic E-state index is 0.00873. The number of aliphatic hydroxyl groups excluding tert-OH is 1. The summed E-state index contributed by atoms with van der Waals surface area (Å²) in [5, 5.41) is 12.2. The van der Waals surface area contributed by atoms with Crippen LogP contribution in [0.5, 0.6) is 0 Å². The van der Waals surface area contributed by atoms with E-state index in [0.717, 1.165) is 0 Å². The number of carbonyl (C=O) groups excluding carboxylic acids is 3. The van der Waals surface area contributed by atoms with Gasteiger partial charge in [0, 0.05) is 19.4 Å². The average molecular weight is 471 g/mol. The molecule has 0 saturated carbocycles. The molecule has 0 bridgehead atoms. The first-order valence-corrected chi connectivity index (χ1v) is 10.2. The molecule has 13 nitrogen and oxygen atoms in total. The molecule has 34 heavy (non-hydrogen) atoms. The van der Waals surface area contributed by atoms with Crippen LogP contribution in [0.4, 0.5) is 5.95 Å². The van der Waals surface area contributed by atoms with E-state index in [2.05, 4.69) is 20.3 Å². The molecule has 3 N–H and O–H groups in total. The zero-order valence-corrected chi connectivity index (χ0v) is 18.1. The van der Waals surface area contributed by atoms with Crippen LogP contribution in [-0.4, -0.2) is 67.4 Å². The number of carbonyl (C=O) groups is 3. The highest BCUT2D eigenvalue weighted by Gasteiger charge is 2.50. The standard InChI is InChI=1S/C21H21N5O8/c1-10(28)32-15-13(8-27)34-20(16(15)33-11(2)29)26-9-22-14-17(26)23-21(25-19(14)31)24-18(30)12-6-4-3-5-7-12/h3-7,9,13,15-16,20,27H,8H2,1-2H3,(H2,23,24,25,30,31)/t13-,15-,16-,20-/m1/s1. The Labute approximate surface area is 191 Å². The fraction of sp³-hybridized carbons (Fsp3) is 0.333. The highest BCUT2D eigenvalue weighted by Crippen LogP contribution is 2.35. The highest BCUT2D eigenvalue weighted by molar-refractivity contribution is 6.03. The molecular weight excluding hydrogens is 450 g/mol. The largest absolute Gasteiger partial charge is 0.456 e. The molecule has 1 aliphatic rings. The van der Waals surface area contributed by atoms with Crippen LogP contribution in [0, 0.1) is 0 Å². The van der Waals surface area contributed by atoms with Crippen LogP contribution in [0.15, 0.2) is 41.5 Å². The van der Waals surface area contributed by atoms with Gasteiger partial charge >= 0.3 is 11.9 Å². The minimum atomic E-state index is -1.17. The van der Waals surface area contributed by atoms with Crippen molar-refractivity contribution in [1.29, 1.82) is 0 Å². The topological polar surface area (TPSA) is 175 Å². The number of anilines is 1. The molecule has 1 amide bonds. The Morgan fingerprint density at radius 1 is 1.15 bits per heavy atom. The van der Waals surface area contributed by atoms with Crippen LogP contribution in [0.3, 0.4) is 0 Å². The second-order valence-corrected chi connectivity index (χ2v) is 7.45. The third-order valence-corrected chi connectivity index (χ3v) is 5.04. The van der Waals surface area contributed by atoms with Gasteiger partial charge in [0.05, 0.1) is 12.9 Å². The molecule has 1 fully saturated rings. The van der Waals surface area contributed by atoms with Gasteiger partial charge in [-0.25, -0.2) is 4.98 Å². The van der Waals surface area contributed by atoms with E-state index in [1.807, 2.05) is 0 Å². The zero-order chi connectivity index (χ0) is 24.4. The van der Waals surface area contributed by atoms with Crippen LogP contribution in [0.2, 0.25) is 0 Å². The van der Waals surface area contributed by atoms with Gasteiger partial charge in [-0.05, 0) is 12.1 Å². The molecule has 0 aliphatic carbocycles. The summed E-state index contributed by atoms with van der Waals surface area (Å²) in [7, 11) is 0. The fourth-order valence-corrected chi connectivity index (χ4v) is 3.67. The van der Waals surface area contributed by atoms with Gasteiger partial charge in [-0.15, -0.1) is 0 Å². The number of imidazole rings is 1. The van der Waals surface area contributed by atoms with Gasteiger partial charge in [0.1, 0.15) is 6.10 Å². The summed E-state index contributed by atoms with van der Waals surface area (Å²) < 4.78 is 17.7. The predicted octanol–water partition coefficient (Wildman–Crippen LogP) is 0.125. The number of rotatable bonds is 6. The number of nitrogens with zero attached hydrogens (tertiary/aromatic N) is 3. The Hall–Kier alpha value is -4.10. The van der Waals surface area contributed by atoms with Gasteiger partial charge in [-0.3, -0.25) is 34.0 Å². The molecule has 3 heterocycles. The summed E-state index contributed by atoms with van der Waals surface area (Å²) in [5.74, 6) is -1.99. The lowest BCUT2D eigenvalue weighted by atomic mass is 10.1. The summed E-state index contributed by atoms with van der Waals surface area (Å²) in [6.45, 7) is 1.80. The van der Waals surface area contributed by atoms with Gasteiger partial charge in [0.25, 0.3) is 11.5 Å². The molecule has 3 aromatic rings. The summed E-state index contributed by atoms with van der Waals surface area (Å²) >= 11 is 0. The maximum absolute atomic E-state index is 12.6. The van der Waals surface area contributed by atoms with E-state index < -0.39 is 54.6 Å². The van der Waals surface area contributed by atoms with Crippen LogP contribution < -0.4 is 10.9 Å². The lowest BCUT2D eigenvalue weighted by Crippen LogP contribution is -2.40. The number of hydrogen-bond acceptors (Lipinski definition) is 10. The minimum Gasteiger partial charge on any atom is -0.456 e. The zero-order valence-electron chi connectivity index (χ0n) is 18.1. The third kappa shape index (κ3) is 4.51. The van der Waals surface area contributed by atoms with E-state index in [4.69, 9.17) is 14.2 Å². The Morgan fingerprint density at radius 3 is 2.47 bits per heavy atom. The number of fused-ring (bicyclic) bond motifs is 1. The first kappa shape index (κ1) is 23.1. The molecule has 1 aromatic carbocycles. The molecule has 0 unspecified atom stereocenters. The number of aromatic nitrogens is 4. The van der Waals surface area contributed by atoms with E-state index in [1.54, 1.807) is 30.3 Å². The number of benzene rings is 1.